The highest BCUT2D eigenvalue weighted by Crippen LogP contribution is 2.31. The van der Waals surface area contributed by atoms with E-state index in [0.717, 1.165) is 32.4 Å². The van der Waals surface area contributed by atoms with Gasteiger partial charge in [0, 0.05) is 44.4 Å². The third-order valence-electron chi connectivity index (χ3n) is 6.03. The molecule has 9 nitrogen and oxygen atoms in total. The van der Waals surface area contributed by atoms with E-state index in [9.17, 15) is 24.8 Å². The average Bonchev–Trinajstić information content (AvgIpc) is 2.72. The van der Waals surface area contributed by atoms with Crippen LogP contribution >= 0.6 is 0 Å². The molecule has 1 aromatic rings. The van der Waals surface area contributed by atoms with Gasteiger partial charge < -0.3 is 20.2 Å². The van der Waals surface area contributed by atoms with Crippen molar-refractivity contribution >= 4 is 23.3 Å². The lowest BCUT2D eigenvalue weighted by Gasteiger charge is -2.33. The fourth-order valence-electron chi connectivity index (χ4n) is 4.23. The van der Waals surface area contributed by atoms with E-state index in [1.807, 2.05) is 11.9 Å². The van der Waals surface area contributed by atoms with Crippen molar-refractivity contribution in [2.45, 2.75) is 25.7 Å². The molecule has 2 aliphatic rings. The number of aliphatic carboxylic acids is 1. The molecule has 0 aromatic heterocycles. The Morgan fingerprint density at radius 1 is 1.21 bits per heavy atom. The first kappa shape index (κ1) is 21.0. The standard InChI is InChI=1S/C20H28N4O5/c1-22-8-10-23(11-9-22)17-7-6-14(12-18(17)24(28)29)19(25)21-13-15-4-2-3-5-16(15)20(26)27/h6-7,12,15-16H,2-5,8-11,13H2,1H3,(H,21,25)(H,26,27)/t15-,16-/m0/s1. The van der Waals surface area contributed by atoms with Crippen molar-refractivity contribution in [2.75, 3.05) is 44.7 Å². The molecule has 1 saturated carbocycles. The Hall–Kier alpha value is -2.68. The van der Waals surface area contributed by atoms with Gasteiger partial charge in [-0.15, -0.1) is 0 Å². The Bertz CT molecular complexity index is 776. The van der Waals surface area contributed by atoms with Crippen molar-refractivity contribution in [3.63, 3.8) is 0 Å². The molecule has 1 amide bonds. The zero-order valence-corrected chi connectivity index (χ0v) is 16.7. The summed E-state index contributed by atoms with van der Waals surface area (Å²) in [6, 6.07) is 4.56. The van der Waals surface area contributed by atoms with Gasteiger partial charge in [-0.2, -0.15) is 0 Å². The lowest BCUT2D eigenvalue weighted by atomic mass is 9.79. The van der Waals surface area contributed by atoms with Gasteiger partial charge in [0.1, 0.15) is 5.69 Å². The maximum atomic E-state index is 12.6. The molecule has 2 atom stereocenters. The number of anilines is 1. The van der Waals surface area contributed by atoms with Crippen LogP contribution in [0, 0.1) is 22.0 Å². The largest absolute Gasteiger partial charge is 0.481 e. The molecular weight excluding hydrogens is 376 g/mol. The van der Waals surface area contributed by atoms with Crippen LogP contribution in [0.15, 0.2) is 18.2 Å². The van der Waals surface area contributed by atoms with E-state index in [-0.39, 0.29) is 23.7 Å². The molecule has 2 N–H and O–H groups in total. The SMILES string of the molecule is CN1CCN(c2ccc(C(=O)NC[C@@H]3CCCC[C@@H]3C(=O)O)cc2[N+](=O)[O-])CC1. The van der Waals surface area contributed by atoms with E-state index < -0.39 is 22.7 Å². The van der Waals surface area contributed by atoms with Crippen LogP contribution in [0.3, 0.4) is 0 Å². The van der Waals surface area contributed by atoms with Crippen LogP contribution in [0.25, 0.3) is 0 Å². The number of hydrogen-bond acceptors (Lipinski definition) is 6. The van der Waals surface area contributed by atoms with Crippen LogP contribution in [0.4, 0.5) is 11.4 Å². The Labute approximate surface area is 169 Å². The van der Waals surface area contributed by atoms with Crippen molar-refractivity contribution in [1.82, 2.24) is 10.2 Å². The van der Waals surface area contributed by atoms with E-state index in [1.54, 1.807) is 12.1 Å². The van der Waals surface area contributed by atoms with Gasteiger partial charge in [0.2, 0.25) is 0 Å². The third kappa shape index (κ3) is 5.03. The molecule has 0 radical (unpaired) electrons. The summed E-state index contributed by atoms with van der Waals surface area (Å²) < 4.78 is 0. The summed E-state index contributed by atoms with van der Waals surface area (Å²) in [6.45, 7) is 3.31. The van der Waals surface area contributed by atoms with Crippen LogP contribution in [0.2, 0.25) is 0 Å². The second-order valence-corrected chi connectivity index (χ2v) is 7.95. The second kappa shape index (κ2) is 9.21. The Morgan fingerprint density at radius 3 is 2.55 bits per heavy atom. The Morgan fingerprint density at radius 2 is 1.90 bits per heavy atom. The van der Waals surface area contributed by atoms with E-state index in [2.05, 4.69) is 10.2 Å². The number of benzene rings is 1. The van der Waals surface area contributed by atoms with Gasteiger partial charge in [-0.25, -0.2) is 0 Å². The number of nitro benzene ring substituents is 1. The number of carboxylic acid groups (broad SMARTS) is 1. The van der Waals surface area contributed by atoms with Crippen molar-refractivity contribution in [3.8, 4) is 0 Å². The number of carboxylic acids is 1. The molecule has 1 aromatic carbocycles. The summed E-state index contributed by atoms with van der Waals surface area (Å²) in [5, 5.41) is 23.7. The smallest absolute Gasteiger partial charge is 0.306 e. The summed E-state index contributed by atoms with van der Waals surface area (Å²) in [4.78, 5) is 39.3. The monoisotopic (exact) mass is 404 g/mol. The number of likely N-dealkylation sites (N-methyl/N-ethyl adjacent to an activating group) is 1. The Balaban J connectivity index is 1.69. The van der Waals surface area contributed by atoms with Crippen molar-refractivity contribution in [3.05, 3.63) is 33.9 Å². The van der Waals surface area contributed by atoms with Crippen molar-refractivity contribution in [1.29, 1.82) is 0 Å². The number of nitrogens with zero attached hydrogens (tertiary/aromatic N) is 3. The minimum Gasteiger partial charge on any atom is -0.481 e. The van der Waals surface area contributed by atoms with Crippen molar-refractivity contribution < 1.29 is 19.6 Å². The number of carbonyl (C=O) groups excluding carboxylic acids is 1. The summed E-state index contributed by atoms with van der Waals surface area (Å²) in [5.74, 6) is -1.79. The third-order valence-corrected chi connectivity index (χ3v) is 6.03. The zero-order valence-electron chi connectivity index (χ0n) is 16.7. The highest BCUT2D eigenvalue weighted by molar-refractivity contribution is 5.95. The first-order valence-corrected chi connectivity index (χ1v) is 10.1. The fraction of sp³-hybridized carbons (Fsp3) is 0.600. The Kier molecular flexibility index (Phi) is 6.68. The van der Waals surface area contributed by atoms with Crippen LogP contribution in [-0.4, -0.2) is 66.6 Å². The highest BCUT2D eigenvalue weighted by atomic mass is 16.6. The zero-order chi connectivity index (χ0) is 21.0. The maximum absolute atomic E-state index is 12.6. The predicted octanol–water partition coefficient (Wildman–Crippen LogP) is 1.97. The fourth-order valence-corrected chi connectivity index (χ4v) is 4.23. The minimum atomic E-state index is -0.823. The van der Waals surface area contributed by atoms with Crippen LogP contribution in [0.5, 0.6) is 0 Å². The molecule has 29 heavy (non-hydrogen) atoms. The second-order valence-electron chi connectivity index (χ2n) is 7.95. The van der Waals surface area contributed by atoms with Gasteiger partial charge in [-0.3, -0.25) is 19.7 Å². The molecule has 0 spiro atoms. The van der Waals surface area contributed by atoms with E-state index in [4.69, 9.17) is 0 Å². The molecule has 1 heterocycles. The minimum absolute atomic E-state index is 0.0803. The van der Waals surface area contributed by atoms with E-state index in [0.29, 0.717) is 25.2 Å². The molecule has 1 aliphatic heterocycles. The quantitative estimate of drug-likeness (QED) is 0.550. The summed E-state index contributed by atoms with van der Waals surface area (Å²) in [6.07, 6.45) is 3.23. The van der Waals surface area contributed by atoms with Gasteiger partial charge >= 0.3 is 5.97 Å². The molecular formula is C20H28N4O5. The summed E-state index contributed by atoms with van der Waals surface area (Å²) in [7, 11) is 2.01. The summed E-state index contributed by atoms with van der Waals surface area (Å²) >= 11 is 0. The van der Waals surface area contributed by atoms with E-state index in [1.165, 1.54) is 6.07 Å². The number of rotatable bonds is 6. The molecule has 9 heteroatoms. The maximum Gasteiger partial charge on any atom is 0.306 e. The van der Waals surface area contributed by atoms with Gasteiger partial charge in [0.05, 0.1) is 10.8 Å². The highest BCUT2D eigenvalue weighted by Gasteiger charge is 2.31. The summed E-state index contributed by atoms with van der Waals surface area (Å²) in [5.41, 5.74) is 0.665. The van der Waals surface area contributed by atoms with Gasteiger partial charge in [-0.1, -0.05) is 12.8 Å². The van der Waals surface area contributed by atoms with E-state index >= 15 is 0 Å². The van der Waals surface area contributed by atoms with Gasteiger partial charge in [0.25, 0.3) is 11.6 Å². The van der Waals surface area contributed by atoms with Crippen LogP contribution < -0.4 is 10.2 Å². The van der Waals surface area contributed by atoms with Crippen LogP contribution in [-0.2, 0) is 4.79 Å². The molecule has 2 fully saturated rings. The first-order valence-electron chi connectivity index (χ1n) is 10.1. The lowest BCUT2D eigenvalue weighted by molar-refractivity contribution is -0.384. The van der Waals surface area contributed by atoms with Gasteiger partial charge in [-0.05, 0) is 37.9 Å². The molecule has 1 aliphatic carbocycles. The number of piperazine rings is 1. The number of nitro groups is 1. The number of hydrogen-bond donors (Lipinski definition) is 2. The van der Waals surface area contributed by atoms with Gasteiger partial charge in [0.15, 0.2) is 0 Å². The molecule has 1 saturated heterocycles. The normalized spacial score (nSPS) is 22.9. The van der Waals surface area contributed by atoms with Crippen LogP contribution in [0.1, 0.15) is 36.0 Å². The molecule has 0 bridgehead atoms. The molecule has 3 rings (SSSR count). The number of nitrogens with one attached hydrogen (secondary N) is 1. The molecule has 158 valence electrons. The van der Waals surface area contributed by atoms with Crippen molar-refractivity contribution in [2.24, 2.45) is 11.8 Å². The first-order chi connectivity index (χ1) is 13.9. The number of amides is 1. The lowest BCUT2D eigenvalue weighted by Crippen LogP contribution is -2.44. The topological polar surface area (TPSA) is 116 Å². The predicted molar refractivity (Wildman–Crippen MR) is 108 cm³/mol. The molecule has 0 unspecified atom stereocenters. The number of carbonyl (C=O) groups is 2. The average molecular weight is 404 g/mol.